The highest BCUT2D eigenvalue weighted by atomic mass is 16.5. The van der Waals surface area contributed by atoms with E-state index in [9.17, 15) is 9.59 Å². The molecule has 0 radical (unpaired) electrons. The second-order valence-electron chi connectivity index (χ2n) is 5.39. The lowest BCUT2D eigenvalue weighted by Crippen LogP contribution is -2.36. The van der Waals surface area contributed by atoms with Gasteiger partial charge >= 0.3 is 0 Å². The lowest BCUT2D eigenvalue weighted by molar-refractivity contribution is -0.132. The maximum atomic E-state index is 12.0. The summed E-state index contributed by atoms with van der Waals surface area (Å²) in [5.74, 6) is -2.10. The molecule has 22 heavy (non-hydrogen) atoms. The minimum atomic E-state index is -1.24. The molecule has 0 aliphatic carbocycles. The standard InChI is InChI=1S/C17H20N2O3/c18-12-15(16(20)11-14-7-4-10-22-14)17(21)19-9-8-13-5-2-1-3-6-13/h1-3,5-6,14-15H,4,7-11H2,(H,19,21)/t14-,15-/m0/s1. The largest absolute Gasteiger partial charge is 0.378 e. The zero-order valence-electron chi connectivity index (χ0n) is 12.5. The normalized spacial score (nSPS) is 18.4. The quantitative estimate of drug-likeness (QED) is 0.776. The first-order chi connectivity index (χ1) is 10.7. The Bertz CT molecular complexity index is 545. The van der Waals surface area contributed by atoms with Gasteiger partial charge < -0.3 is 10.1 Å². The Labute approximate surface area is 130 Å². The van der Waals surface area contributed by atoms with E-state index in [2.05, 4.69) is 5.32 Å². The number of hydrogen-bond acceptors (Lipinski definition) is 4. The van der Waals surface area contributed by atoms with Gasteiger partial charge in [-0.05, 0) is 24.8 Å². The van der Waals surface area contributed by atoms with Gasteiger partial charge in [0.2, 0.25) is 5.91 Å². The third-order valence-corrected chi connectivity index (χ3v) is 3.72. The number of rotatable bonds is 7. The zero-order chi connectivity index (χ0) is 15.8. The number of benzene rings is 1. The Morgan fingerprint density at radius 3 is 2.77 bits per heavy atom. The lowest BCUT2D eigenvalue weighted by atomic mass is 9.98. The lowest BCUT2D eigenvalue weighted by Gasteiger charge is -2.12. The molecule has 5 nitrogen and oxygen atoms in total. The van der Waals surface area contributed by atoms with E-state index in [0.29, 0.717) is 19.6 Å². The molecule has 116 valence electrons. The maximum Gasteiger partial charge on any atom is 0.245 e. The minimum absolute atomic E-state index is 0.138. The van der Waals surface area contributed by atoms with E-state index in [4.69, 9.17) is 10.00 Å². The molecule has 0 aromatic heterocycles. The topological polar surface area (TPSA) is 79.2 Å². The van der Waals surface area contributed by atoms with Crippen molar-refractivity contribution in [2.24, 2.45) is 5.92 Å². The first-order valence-electron chi connectivity index (χ1n) is 7.56. The van der Waals surface area contributed by atoms with Crippen molar-refractivity contribution in [1.29, 1.82) is 5.26 Å². The van der Waals surface area contributed by atoms with E-state index in [1.807, 2.05) is 36.4 Å². The first kappa shape index (κ1) is 16.2. The number of carbonyl (C=O) groups is 2. The molecule has 5 heteroatoms. The molecule has 1 saturated heterocycles. The Hall–Kier alpha value is -2.19. The third-order valence-electron chi connectivity index (χ3n) is 3.72. The van der Waals surface area contributed by atoms with Crippen molar-refractivity contribution in [3.63, 3.8) is 0 Å². The highest BCUT2D eigenvalue weighted by molar-refractivity contribution is 6.04. The van der Waals surface area contributed by atoms with Crippen molar-refractivity contribution in [1.82, 2.24) is 5.32 Å². The second kappa shape index (κ2) is 8.30. The number of nitriles is 1. The fourth-order valence-corrected chi connectivity index (χ4v) is 2.50. The molecule has 1 aliphatic rings. The molecule has 1 heterocycles. The molecule has 0 spiro atoms. The van der Waals surface area contributed by atoms with E-state index >= 15 is 0 Å². The van der Waals surface area contributed by atoms with Crippen LogP contribution in [0, 0.1) is 17.2 Å². The number of amides is 1. The van der Waals surface area contributed by atoms with Crippen molar-refractivity contribution in [2.45, 2.75) is 31.8 Å². The molecular formula is C17H20N2O3. The predicted molar refractivity (Wildman–Crippen MR) is 80.9 cm³/mol. The molecule has 0 saturated carbocycles. The molecule has 0 unspecified atom stereocenters. The summed E-state index contributed by atoms with van der Waals surface area (Å²) >= 11 is 0. The fraction of sp³-hybridized carbons (Fsp3) is 0.471. The van der Waals surface area contributed by atoms with Gasteiger partial charge in [0.25, 0.3) is 0 Å². The van der Waals surface area contributed by atoms with E-state index < -0.39 is 11.8 Å². The van der Waals surface area contributed by atoms with E-state index in [1.54, 1.807) is 0 Å². The maximum absolute atomic E-state index is 12.0. The zero-order valence-corrected chi connectivity index (χ0v) is 12.5. The van der Waals surface area contributed by atoms with Crippen molar-refractivity contribution in [2.75, 3.05) is 13.2 Å². The SMILES string of the molecule is N#C[C@@H](C(=O)C[C@@H]1CCCO1)C(=O)NCCc1ccccc1. The van der Waals surface area contributed by atoms with Gasteiger partial charge in [-0.3, -0.25) is 9.59 Å². The first-order valence-corrected chi connectivity index (χ1v) is 7.56. The number of nitrogens with zero attached hydrogens (tertiary/aromatic N) is 1. The van der Waals surface area contributed by atoms with Gasteiger partial charge in [-0.15, -0.1) is 0 Å². The number of ether oxygens (including phenoxy) is 1. The highest BCUT2D eigenvalue weighted by Gasteiger charge is 2.29. The fourth-order valence-electron chi connectivity index (χ4n) is 2.50. The molecule has 1 N–H and O–H groups in total. The molecule has 1 aliphatic heterocycles. The summed E-state index contributed by atoms with van der Waals surface area (Å²) in [7, 11) is 0. The summed E-state index contributed by atoms with van der Waals surface area (Å²) < 4.78 is 5.38. The van der Waals surface area contributed by atoms with E-state index in [1.165, 1.54) is 0 Å². The second-order valence-corrected chi connectivity index (χ2v) is 5.39. The number of Topliss-reactive ketones (excluding diaryl/α,β-unsaturated/α-hetero) is 1. The van der Waals surface area contributed by atoms with Gasteiger partial charge in [0.1, 0.15) is 0 Å². The van der Waals surface area contributed by atoms with Crippen LogP contribution in [0.4, 0.5) is 0 Å². The highest BCUT2D eigenvalue weighted by Crippen LogP contribution is 2.17. The average Bonchev–Trinajstić information content (AvgIpc) is 3.02. The summed E-state index contributed by atoms with van der Waals surface area (Å²) in [5, 5.41) is 11.7. The van der Waals surface area contributed by atoms with Gasteiger partial charge in [0.15, 0.2) is 11.7 Å². The average molecular weight is 300 g/mol. The van der Waals surface area contributed by atoms with Gasteiger partial charge in [0.05, 0.1) is 12.2 Å². The van der Waals surface area contributed by atoms with Crippen LogP contribution in [-0.4, -0.2) is 30.9 Å². The van der Waals surface area contributed by atoms with Crippen molar-refractivity contribution >= 4 is 11.7 Å². The van der Waals surface area contributed by atoms with Crippen molar-refractivity contribution in [3.05, 3.63) is 35.9 Å². The van der Waals surface area contributed by atoms with Crippen molar-refractivity contribution in [3.8, 4) is 6.07 Å². The molecule has 0 bridgehead atoms. The summed E-state index contributed by atoms with van der Waals surface area (Å²) in [5.41, 5.74) is 1.10. The van der Waals surface area contributed by atoms with Gasteiger partial charge in [0, 0.05) is 19.6 Å². The van der Waals surface area contributed by atoms with Crippen LogP contribution in [0.15, 0.2) is 30.3 Å². The molecule has 2 rings (SSSR count). The van der Waals surface area contributed by atoms with Crippen LogP contribution in [0.25, 0.3) is 0 Å². The van der Waals surface area contributed by atoms with Crippen molar-refractivity contribution < 1.29 is 14.3 Å². The van der Waals surface area contributed by atoms with Crippen LogP contribution in [0.5, 0.6) is 0 Å². The van der Waals surface area contributed by atoms with Crippen LogP contribution in [0.3, 0.4) is 0 Å². The summed E-state index contributed by atoms with van der Waals surface area (Å²) in [6.45, 7) is 1.06. The van der Waals surface area contributed by atoms with Gasteiger partial charge in [-0.2, -0.15) is 5.26 Å². The predicted octanol–water partition coefficient (Wildman–Crippen LogP) is 1.62. The number of hydrogen-bond donors (Lipinski definition) is 1. The van der Waals surface area contributed by atoms with Gasteiger partial charge in [-0.25, -0.2) is 0 Å². The monoisotopic (exact) mass is 300 g/mol. The van der Waals surface area contributed by atoms with E-state index in [0.717, 1.165) is 18.4 Å². The Kier molecular flexibility index (Phi) is 6.11. The summed E-state index contributed by atoms with van der Waals surface area (Å²) in [6.07, 6.45) is 2.42. The Morgan fingerprint density at radius 1 is 1.36 bits per heavy atom. The smallest absolute Gasteiger partial charge is 0.245 e. The third kappa shape index (κ3) is 4.68. The molecule has 2 atom stereocenters. The number of ketones is 1. The van der Waals surface area contributed by atoms with E-state index in [-0.39, 0.29) is 18.3 Å². The van der Waals surface area contributed by atoms with Crippen LogP contribution >= 0.6 is 0 Å². The molecular weight excluding hydrogens is 280 g/mol. The Morgan fingerprint density at radius 2 is 2.14 bits per heavy atom. The molecule has 1 aromatic rings. The number of carbonyl (C=O) groups excluding carboxylic acids is 2. The van der Waals surface area contributed by atoms with Crippen LogP contribution < -0.4 is 5.32 Å². The van der Waals surface area contributed by atoms with Crippen LogP contribution in [0.1, 0.15) is 24.8 Å². The number of nitrogens with one attached hydrogen (secondary N) is 1. The summed E-state index contributed by atoms with van der Waals surface area (Å²) in [6, 6.07) is 11.5. The molecule has 1 aromatic carbocycles. The minimum Gasteiger partial charge on any atom is -0.378 e. The molecule has 1 fully saturated rings. The van der Waals surface area contributed by atoms with Crippen LogP contribution in [0.2, 0.25) is 0 Å². The Balaban J connectivity index is 1.78. The van der Waals surface area contributed by atoms with Crippen LogP contribution in [-0.2, 0) is 20.7 Å². The van der Waals surface area contributed by atoms with Gasteiger partial charge in [-0.1, -0.05) is 30.3 Å². The summed E-state index contributed by atoms with van der Waals surface area (Å²) in [4.78, 5) is 24.0. The molecule has 1 amide bonds.